The van der Waals surface area contributed by atoms with Crippen molar-refractivity contribution in [2.75, 3.05) is 16.5 Å². The van der Waals surface area contributed by atoms with Crippen molar-refractivity contribution >= 4 is 39.7 Å². The molecular weight excluding hydrogens is 340 g/mol. The number of amides is 1. The van der Waals surface area contributed by atoms with Crippen LogP contribution in [0.1, 0.15) is 34.6 Å². The summed E-state index contributed by atoms with van der Waals surface area (Å²) in [5.74, 6) is 0.0875. The number of rotatable bonds is 2. The minimum atomic E-state index is -0.226. The minimum absolute atomic E-state index is 0.0875. The highest BCUT2D eigenvalue weighted by Crippen LogP contribution is 2.45. The second-order valence-corrected chi connectivity index (χ2v) is 8.70. The van der Waals surface area contributed by atoms with Gasteiger partial charge in [-0.2, -0.15) is 0 Å². The van der Waals surface area contributed by atoms with E-state index in [2.05, 4.69) is 19.2 Å². The number of nitrogens with one attached hydrogen (secondary N) is 1. The topological polar surface area (TPSA) is 41.6 Å². The highest BCUT2D eigenvalue weighted by atomic mass is 32.2. The lowest BCUT2D eigenvalue weighted by Gasteiger charge is -2.36. The fourth-order valence-electron chi connectivity index (χ4n) is 3.29. The van der Waals surface area contributed by atoms with E-state index in [0.717, 1.165) is 28.2 Å². The number of thiophene rings is 1. The molecule has 2 aromatic rings. The van der Waals surface area contributed by atoms with Crippen LogP contribution >= 0.6 is 23.1 Å². The summed E-state index contributed by atoms with van der Waals surface area (Å²) in [5.41, 5.74) is 2.59. The maximum Gasteiger partial charge on any atom is 0.263 e. The molecule has 0 saturated heterocycles. The van der Waals surface area contributed by atoms with Gasteiger partial charge in [-0.1, -0.05) is 18.2 Å². The van der Waals surface area contributed by atoms with E-state index in [1.165, 1.54) is 4.88 Å². The van der Waals surface area contributed by atoms with Crippen molar-refractivity contribution in [3.05, 3.63) is 46.3 Å². The summed E-state index contributed by atoms with van der Waals surface area (Å²) in [6.07, 6.45) is 2.79. The van der Waals surface area contributed by atoms with Crippen LogP contribution in [-0.4, -0.2) is 23.3 Å². The number of hydrogen-bond donors (Lipinski definition) is 1. The number of carbonyl (C=O) groups excluding carboxylic acids is 1. The van der Waals surface area contributed by atoms with Gasteiger partial charge >= 0.3 is 0 Å². The highest BCUT2D eigenvalue weighted by molar-refractivity contribution is 7.99. The SMILES string of the molecule is CS[C@H]1Nc2sc3c(c2C(=O)N1c1ccccc1)CC(C)(C)OC3. The van der Waals surface area contributed by atoms with Crippen LogP contribution in [0, 0.1) is 0 Å². The second kappa shape index (κ2) is 5.79. The van der Waals surface area contributed by atoms with Gasteiger partial charge < -0.3 is 10.1 Å². The molecule has 4 nitrogen and oxygen atoms in total. The molecule has 1 amide bonds. The lowest BCUT2D eigenvalue weighted by molar-refractivity contribution is -0.0383. The Hall–Kier alpha value is -1.50. The maximum absolute atomic E-state index is 13.4. The standard InChI is InChI=1S/C18H20N2O2S2/c1-18(2)9-12-13(10-22-18)24-15-14(12)16(21)20(17(19-15)23-3)11-7-5-4-6-8-11/h4-8,17,19H,9-10H2,1-3H3/t17-/m0/s1. The van der Waals surface area contributed by atoms with Crippen LogP contribution in [0.4, 0.5) is 10.7 Å². The molecule has 0 unspecified atom stereocenters. The molecule has 1 N–H and O–H groups in total. The molecule has 0 spiro atoms. The average molecular weight is 361 g/mol. The van der Waals surface area contributed by atoms with Gasteiger partial charge in [0.25, 0.3) is 5.91 Å². The number of ether oxygens (including phenoxy) is 1. The zero-order valence-corrected chi connectivity index (χ0v) is 15.6. The molecule has 0 aliphatic carbocycles. The molecule has 3 heterocycles. The first-order valence-electron chi connectivity index (χ1n) is 7.96. The number of benzene rings is 1. The van der Waals surface area contributed by atoms with Gasteiger partial charge in [-0.25, -0.2) is 0 Å². The summed E-state index contributed by atoms with van der Waals surface area (Å²) < 4.78 is 5.92. The van der Waals surface area contributed by atoms with Gasteiger partial charge in [-0.3, -0.25) is 9.69 Å². The average Bonchev–Trinajstić information content (AvgIpc) is 2.92. The van der Waals surface area contributed by atoms with Crippen molar-refractivity contribution < 1.29 is 9.53 Å². The van der Waals surface area contributed by atoms with Gasteiger partial charge in [0.2, 0.25) is 0 Å². The predicted molar refractivity (Wildman–Crippen MR) is 101 cm³/mol. The van der Waals surface area contributed by atoms with Crippen molar-refractivity contribution in [3.63, 3.8) is 0 Å². The molecule has 0 bridgehead atoms. The van der Waals surface area contributed by atoms with Crippen LogP contribution in [-0.2, 0) is 17.8 Å². The van der Waals surface area contributed by atoms with Crippen LogP contribution in [0.25, 0.3) is 0 Å². The van der Waals surface area contributed by atoms with Gasteiger partial charge in [0.05, 0.1) is 17.8 Å². The summed E-state index contributed by atoms with van der Waals surface area (Å²) >= 11 is 3.29. The first-order chi connectivity index (χ1) is 11.5. The molecule has 6 heteroatoms. The quantitative estimate of drug-likeness (QED) is 0.866. The third kappa shape index (κ3) is 2.53. The number of thioether (sulfide) groups is 1. The molecule has 126 valence electrons. The molecule has 0 radical (unpaired) electrons. The summed E-state index contributed by atoms with van der Waals surface area (Å²) in [7, 11) is 0. The van der Waals surface area contributed by atoms with Crippen molar-refractivity contribution in [2.24, 2.45) is 0 Å². The lowest BCUT2D eigenvalue weighted by Crippen LogP contribution is -2.47. The smallest absolute Gasteiger partial charge is 0.263 e. The molecule has 24 heavy (non-hydrogen) atoms. The Labute approximate surface area is 150 Å². The Bertz CT molecular complexity index is 786. The van der Waals surface area contributed by atoms with E-state index >= 15 is 0 Å². The molecule has 1 atom stereocenters. The largest absolute Gasteiger partial charge is 0.370 e. The van der Waals surface area contributed by atoms with Crippen molar-refractivity contribution in [1.82, 2.24) is 0 Å². The molecular formula is C18H20N2O2S2. The van der Waals surface area contributed by atoms with Crippen molar-refractivity contribution in [1.29, 1.82) is 0 Å². The Balaban J connectivity index is 1.81. The summed E-state index contributed by atoms with van der Waals surface area (Å²) in [6.45, 7) is 4.75. The van der Waals surface area contributed by atoms with E-state index in [9.17, 15) is 4.79 Å². The van der Waals surface area contributed by atoms with Crippen LogP contribution < -0.4 is 10.2 Å². The summed E-state index contributed by atoms with van der Waals surface area (Å²) in [5, 5.41) is 4.53. The zero-order valence-electron chi connectivity index (χ0n) is 14.0. The Morgan fingerprint density at radius 1 is 1.33 bits per heavy atom. The fraction of sp³-hybridized carbons (Fsp3) is 0.389. The first-order valence-corrected chi connectivity index (χ1v) is 10.1. The Kier molecular flexibility index (Phi) is 3.86. The molecule has 0 fully saturated rings. The van der Waals surface area contributed by atoms with Gasteiger partial charge in [-0.05, 0) is 37.8 Å². The van der Waals surface area contributed by atoms with Gasteiger partial charge in [0.1, 0.15) is 5.00 Å². The molecule has 4 rings (SSSR count). The molecule has 2 aliphatic rings. The van der Waals surface area contributed by atoms with Crippen molar-refractivity contribution in [2.45, 2.75) is 38.0 Å². The van der Waals surface area contributed by atoms with Crippen molar-refractivity contribution in [3.8, 4) is 0 Å². The first kappa shape index (κ1) is 16.0. The Morgan fingerprint density at radius 3 is 2.79 bits per heavy atom. The van der Waals surface area contributed by atoms with E-state index in [1.54, 1.807) is 23.1 Å². The van der Waals surface area contributed by atoms with Gasteiger partial charge in [-0.15, -0.1) is 23.1 Å². The zero-order chi connectivity index (χ0) is 16.9. The van der Waals surface area contributed by atoms with E-state index in [0.29, 0.717) is 6.61 Å². The van der Waals surface area contributed by atoms with Gasteiger partial charge in [0, 0.05) is 17.0 Å². The molecule has 1 aromatic carbocycles. The second-order valence-electron chi connectivity index (χ2n) is 6.68. The van der Waals surface area contributed by atoms with E-state index in [-0.39, 0.29) is 17.0 Å². The molecule has 1 aromatic heterocycles. The van der Waals surface area contributed by atoms with E-state index in [1.807, 2.05) is 41.5 Å². The maximum atomic E-state index is 13.4. The minimum Gasteiger partial charge on any atom is -0.370 e. The molecule has 2 aliphatic heterocycles. The Morgan fingerprint density at radius 2 is 2.08 bits per heavy atom. The lowest BCUT2D eigenvalue weighted by atomic mass is 9.92. The van der Waals surface area contributed by atoms with Crippen LogP contribution in [0.2, 0.25) is 0 Å². The summed E-state index contributed by atoms with van der Waals surface area (Å²) in [6, 6.07) is 9.88. The van der Waals surface area contributed by atoms with E-state index < -0.39 is 0 Å². The normalized spacial score (nSPS) is 21.9. The van der Waals surface area contributed by atoms with Crippen LogP contribution in [0.5, 0.6) is 0 Å². The third-order valence-corrected chi connectivity index (χ3v) is 6.38. The highest BCUT2D eigenvalue weighted by Gasteiger charge is 2.40. The number of nitrogens with zero attached hydrogens (tertiary/aromatic N) is 1. The number of para-hydroxylation sites is 1. The van der Waals surface area contributed by atoms with E-state index in [4.69, 9.17) is 4.74 Å². The van der Waals surface area contributed by atoms with Gasteiger partial charge in [0.15, 0.2) is 5.50 Å². The number of carbonyl (C=O) groups is 1. The summed E-state index contributed by atoms with van der Waals surface area (Å²) in [4.78, 5) is 16.4. The number of fused-ring (bicyclic) bond motifs is 3. The predicted octanol–water partition coefficient (Wildman–Crippen LogP) is 4.32. The van der Waals surface area contributed by atoms with Crippen LogP contribution in [0.3, 0.4) is 0 Å². The van der Waals surface area contributed by atoms with Crippen LogP contribution in [0.15, 0.2) is 30.3 Å². The fourth-order valence-corrected chi connectivity index (χ4v) is 5.17. The number of hydrogen-bond acceptors (Lipinski definition) is 5. The monoisotopic (exact) mass is 360 g/mol. The molecule has 0 saturated carbocycles. The number of anilines is 2. The third-order valence-electron chi connectivity index (χ3n) is 4.47.